The number of halogens is 1. The number of hydrogen-bond donors (Lipinski definition) is 1. The van der Waals surface area contributed by atoms with Gasteiger partial charge in [-0.25, -0.2) is 9.97 Å². The highest BCUT2D eigenvalue weighted by Gasteiger charge is 2.18. The number of carbonyl (C=O) groups is 1. The quantitative estimate of drug-likeness (QED) is 0.358. The zero-order chi connectivity index (χ0) is 16.5. The van der Waals surface area contributed by atoms with Crippen LogP contribution in [0.1, 0.15) is 6.42 Å². The first-order valence-corrected chi connectivity index (χ1v) is 8.00. The summed E-state index contributed by atoms with van der Waals surface area (Å²) in [6, 6.07) is 3.74. The van der Waals surface area contributed by atoms with E-state index in [1.54, 1.807) is 24.7 Å². The highest BCUT2D eigenvalue weighted by molar-refractivity contribution is 6.17. The summed E-state index contributed by atoms with van der Waals surface area (Å²) in [7, 11) is 0. The predicted molar refractivity (Wildman–Crippen MR) is 87.9 cm³/mol. The Kier molecular flexibility index (Phi) is 6.63. The molecule has 8 heteroatoms. The average Bonchev–Trinajstić information content (AvgIpc) is 2.61. The van der Waals surface area contributed by atoms with Crippen molar-refractivity contribution in [3.8, 4) is 6.07 Å². The number of aromatic nitrogens is 2. The minimum atomic E-state index is -0.355. The van der Waals surface area contributed by atoms with E-state index in [1.165, 1.54) is 0 Å². The van der Waals surface area contributed by atoms with E-state index in [-0.39, 0.29) is 11.5 Å². The fourth-order valence-electron chi connectivity index (χ4n) is 2.19. The summed E-state index contributed by atoms with van der Waals surface area (Å²) in [6.45, 7) is 3.37. The molecule has 1 aromatic rings. The van der Waals surface area contributed by atoms with Gasteiger partial charge in [0.25, 0.3) is 5.91 Å². The fourth-order valence-corrected chi connectivity index (χ4v) is 2.32. The van der Waals surface area contributed by atoms with Gasteiger partial charge in [0.2, 0.25) is 5.95 Å². The minimum absolute atomic E-state index is 0.115. The van der Waals surface area contributed by atoms with Gasteiger partial charge in [-0.15, -0.1) is 11.6 Å². The highest BCUT2D eigenvalue weighted by atomic mass is 35.5. The van der Waals surface area contributed by atoms with E-state index < -0.39 is 0 Å². The normalized spacial score (nSPS) is 15.2. The maximum absolute atomic E-state index is 11.9. The molecule has 0 saturated carbocycles. The first-order chi connectivity index (χ1) is 11.2. The van der Waals surface area contributed by atoms with E-state index in [0.717, 1.165) is 13.1 Å². The van der Waals surface area contributed by atoms with Gasteiger partial charge in [-0.1, -0.05) is 0 Å². The van der Waals surface area contributed by atoms with Crippen molar-refractivity contribution in [3.63, 3.8) is 0 Å². The number of amides is 1. The monoisotopic (exact) mass is 334 g/mol. The third kappa shape index (κ3) is 5.11. The Morgan fingerprint density at radius 3 is 2.65 bits per heavy atom. The molecule has 7 nitrogen and oxygen atoms in total. The zero-order valence-electron chi connectivity index (χ0n) is 12.8. The Hall–Kier alpha value is -2.33. The van der Waals surface area contributed by atoms with Crippen molar-refractivity contribution in [1.29, 1.82) is 5.26 Å². The fraction of sp³-hybridized carbons (Fsp3) is 0.467. The van der Waals surface area contributed by atoms with Crippen molar-refractivity contribution in [2.75, 3.05) is 43.5 Å². The average molecular weight is 335 g/mol. The molecular formula is C15H19ClN6O. The van der Waals surface area contributed by atoms with Gasteiger partial charge in [0.05, 0.1) is 0 Å². The maximum atomic E-state index is 11.9. The van der Waals surface area contributed by atoms with Crippen LogP contribution in [-0.2, 0) is 4.79 Å². The summed E-state index contributed by atoms with van der Waals surface area (Å²) < 4.78 is 0. The predicted octanol–water partition coefficient (Wildman–Crippen LogP) is 0.751. The lowest BCUT2D eigenvalue weighted by atomic mass is 10.2. The van der Waals surface area contributed by atoms with E-state index in [4.69, 9.17) is 16.9 Å². The third-order valence-corrected chi connectivity index (χ3v) is 3.69. The number of nitrogens with zero attached hydrogens (tertiary/aromatic N) is 5. The van der Waals surface area contributed by atoms with Crippen LogP contribution >= 0.6 is 11.6 Å². The second-order valence-electron chi connectivity index (χ2n) is 5.02. The molecule has 0 unspecified atom stereocenters. The Labute approximate surface area is 140 Å². The largest absolute Gasteiger partial charge is 0.373 e. The van der Waals surface area contributed by atoms with E-state index in [0.29, 0.717) is 37.9 Å². The van der Waals surface area contributed by atoms with Crippen molar-refractivity contribution >= 4 is 23.5 Å². The molecular weight excluding hydrogens is 316 g/mol. The summed E-state index contributed by atoms with van der Waals surface area (Å²) in [5, 5.41) is 11.8. The first-order valence-electron chi connectivity index (χ1n) is 7.46. The summed E-state index contributed by atoms with van der Waals surface area (Å²) in [6.07, 6.45) is 5.74. The van der Waals surface area contributed by atoms with Crippen LogP contribution in [0, 0.1) is 11.3 Å². The van der Waals surface area contributed by atoms with E-state index >= 15 is 0 Å². The van der Waals surface area contributed by atoms with Crippen molar-refractivity contribution in [2.24, 2.45) is 0 Å². The lowest BCUT2D eigenvalue weighted by Gasteiger charge is -2.34. The smallest absolute Gasteiger partial charge is 0.263 e. The van der Waals surface area contributed by atoms with Gasteiger partial charge in [0.15, 0.2) is 0 Å². The molecule has 0 radical (unpaired) electrons. The molecule has 1 aliphatic rings. The SMILES string of the molecule is N#C/C(=C/N1CCN(c2ncccn2)CC1)C(=O)NCCCCl. The number of nitrogens with one attached hydrogen (secondary N) is 1. The molecule has 0 atom stereocenters. The van der Waals surface area contributed by atoms with Crippen LogP contribution in [0.3, 0.4) is 0 Å². The van der Waals surface area contributed by atoms with Crippen molar-refractivity contribution in [2.45, 2.75) is 6.42 Å². The Balaban J connectivity index is 1.88. The molecule has 1 saturated heterocycles. The summed E-state index contributed by atoms with van der Waals surface area (Å²) in [5.74, 6) is 0.831. The van der Waals surface area contributed by atoms with Crippen LogP contribution in [0.2, 0.25) is 0 Å². The molecule has 2 heterocycles. The molecule has 0 aromatic carbocycles. The van der Waals surface area contributed by atoms with Crippen LogP contribution in [-0.4, -0.2) is 59.4 Å². The van der Waals surface area contributed by atoms with Crippen molar-refractivity contribution < 1.29 is 4.79 Å². The Bertz CT molecular complexity index is 577. The second-order valence-corrected chi connectivity index (χ2v) is 5.40. The number of piperazine rings is 1. The van der Waals surface area contributed by atoms with Gasteiger partial charge in [-0.2, -0.15) is 5.26 Å². The van der Waals surface area contributed by atoms with E-state index in [2.05, 4.69) is 20.2 Å². The second kappa shape index (κ2) is 8.96. The summed E-state index contributed by atoms with van der Waals surface area (Å²) in [5.41, 5.74) is 0.115. The molecule has 1 aliphatic heterocycles. The van der Waals surface area contributed by atoms with E-state index in [1.807, 2.05) is 11.0 Å². The Morgan fingerprint density at radius 2 is 2.04 bits per heavy atom. The molecule has 1 fully saturated rings. The third-order valence-electron chi connectivity index (χ3n) is 3.42. The first kappa shape index (κ1) is 17.0. The van der Waals surface area contributed by atoms with Gasteiger partial charge in [-0.05, 0) is 12.5 Å². The van der Waals surface area contributed by atoms with Gasteiger partial charge < -0.3 is 15.1 Å². The zero-order valence-corrected chi connectivity index (χ0v) is 13.5. The van der Waals surface area contributed by atoms with Crippen LogP contribution in [0.15, 0.2) is 30.2 Å². The van der Waals surface area contributed by atoms with Gasteiger partial charge in [0, 0.05) is 57.2 Å². The van der Waals surface area contributed by atoms with Crippen LogP contribution in [0.4, 0.5) is 5.95 Å². The minimum Gasteiger partial charge on any atom is -0.373 e. The molecule has 1 aromatic heterocycles. The maximum Gasteiger partial charge on any atom is 0.263 e. The lowest BCUT2D eigenvalue weighted by molar-refractivity contribution is -0.117. The molecule has 23 heavy (non-hydrogen) atoms. The van der Waals surface area contributed by atoms with Crippen molar-refractivity contribution in [3.05, 3.63) is 30.2 Å². The lowest BCUT2D eigenvalue weighted by Crippen LogP contribution is -2.45. The number of anilines is 1. The van der Waals surface area contributed by atoms with Gasteiger partial charge in [0.1, 0.15) is 11.6 Å². The van der Waals surface area contributed by atoms with Crippen LogP contribution in [0.5, 0.6) is 0 Å². The number of rotatable bonds is 6. The van der Waals surface area contributed by atoms with Crippen molar-refractivity contribution in [1.82, 2.24) is 20.2 Å². The van der Waals surface area contributed by atoms with Gasteiger partial charge >= 0.3 is 0 Å². The molecule has 1 N–H and O–H groups in total. The number of alkyl halides is 1. The molecule has 2 rings (SSSR count). The van der Waals surface area contributed by atoms with E-state index in [9.17, 15) is 4.79 Å². The summed E-state index contributed by atoms with van der Waals surface area (Å²) in [4.78, 5) is 24.4. The molecule has 0 aliphatic carbocycles. The number of carbonyl (C=O) groups excluding carboxylic acids is 1. The summed E-state index contributed by atoms with van der Waals surface area (Å²) >= 11 is 5.56. The standard InChI is InChI=1S/C15H19ClN6O/c16-3-1-4-18-14(23)13(11-17)12-21-7-9-22(10-8-21)15-19-5-2-6-20-15/h2,5-6,12H,1,3-4,7-10H2,(H,18,23)/b13-12-. The highest BCUT2D eigenvalue weighted by Crippen LogP contribution is 2.10. The van der Waals surface area contributed by atoms with Crippen LogP contribution in [0.25, 0.3) is 0 Å². The topological polar surface area (TPSA) is 85.2 Å². The molecule has 122 valence electrons. The number of nitriles is 1. The molecule has 0 spiro atoms. The number of hydrogen-bond acceptors (Lipinski definition) is 6. The molecule has 0 bridgehead atoms. The molecule has 1 amide bonds. The van der Waals surface area contributed by atoms with Gasteiger partial charge in [-0.3, -0.25) is 4.79 Å². The Morgan fingerprint density at radius 1 is 1.35 bits per heavy atom. The van der Waals surface area contributed by atoms with Crippen LogP contribution < -0.4 is 10.2 Å².